The van der Waals surface area contributed by atoms with Crippen LogP contribution in [0.5, 0.6) is 0 Å². The number of piperidine rings is 1. The normalized spacial score (nSPS) is 23.4. The summed E-state index contributed by atoms with van der Waals surface area (Å²) in [5.41, 5.74) is 7.95. The molecular formula is C16H23N3O. The van der Waals surface area contributed by atoms with Crippen LogP contribution in [0, 0.1) is 5.92 Å². The summed E-state index contributed by atoms with van der Waals surface area (Å²) in [5, 5.41) is 0. The van der Waals surface area contributed by atoms with E-state index in [-0.39, 0.29) is 5.91 Å². The predicted molar refractivity (Wildman–Crippen MR) is 82.0 cm³/mol. The first-order valence-corrected chi connectivity index (χ1v) is 7.63. The number of carbonyl (C=O) groups excluding carboxylic acids is 1. The number of anilines is 2. The largest absolute Gasteiger partial charge is 0.372 e. The van der Waals surface area contributed by atoms with Crippen LogP contribution in [0.15, 0.2) is 24.3 Å². The van der Waals surface area contributed by atoms with Crippen molar-refractivity contribution in [1.29, 1.82) is 0 Å². The molecule has 108 valence electrons. The molecule has 0 radical (unpaired) electrons. The van der Waals surface area contributed by atoms with E-state index in [1.54, 1.807) is 0 Å². The number of carbonyl (C=O) groups is 1. The van der Waals surface area contributed by atoms with Gasteiger partial charge in [-0.1, -0.05) is 0 Å². The Balaban J connectivity index is 1.71. The van der Waals surface area contributed by atoms with Crippen molar-refractivity contribution in [3.8, 4) is 0 Å². The summed E-state index contributed by atoms with van der Waals surface area (Å²) in [4.78, 5) is 16.3. The maximum absolute atomic E-state index is 12.0. The second kappa shape index (κ2) is 5.83. The SMILES string of the molecule is NCC1CC(=O)N(c2ccc(N3CCCCC3)cc2)C1. The molecule has 2 aliphatic rings. The number of hydrogen-bond acceptors (Lipinski definition) is 3. The Labute approximate surface area is 120 Å². The van der Waals surface area contributed by atoms with Crippen LogP contribution in [0.4, 0.5) is 11.4 Å². The van der Waals surface area contributed by atoms with Gasteiger partial charge in [-0.15, -0.1) is 0 Å². The molecule has 2 heterocycles. The second-order valence-electron chi connectivity index (χ2n) is 5.87. The van der Waals surface area contributed by atoms with Gasteiger partial charge in [-0.3, -0.25) is 4.79 Å². The monoisotopic (exact) mass is 273 g/mol. The first-order chi connectivity index (χ1) is 9.78. The molecule has 4 nitrogen and oxygen atoms in total. The lowest BCUT2D eigenvalue weighted by Gasteiger charge is -2.29. The summed E-state index contributed by atoms with van der Waals surface area (Å²) in [7, 11) is 0. The zero-order valence-corrected chi connectivity index (χ0v) is 11.9. The Bertz CT molecular complexity index is 465. The number of amides is 1. The average Bonchev–Trinajstić information content (AvgIpc) is 2.89. The maximum atomic E-state index is 12.0. The Kier molecular flexibility index (Phi) is 3.92. The molecule has 2 fully saturated rings. The maximum Gasteiger partial charge on any atom is 0.227 e. The molecule has 1 aromatic rings. The molecule has 0 aliphatic carbocycles. The summed E-state index contributed by atoms with van der Waals surface area (Å²) in [6.45, 7) is 3.65. The van der Waals surface area contributed by atoms with Gasteiger partial charge >= 0.3 is 0 Å². The number of nitrogens with zero attached hydrogens (tertiary/aromatic N) is 2. The molecule has 1 atom stereocenters. The standard InChI is InChI=1S/C16H23N3O/c17-11-13-10-16(20)19(12-13)15-6-4-14(5-7-15)18-8-2-1-3-9-18/h4-7,13H,1-3,8-12,17H2. The van der Waals surface area contributed by atoms with Gasteiger partial charge in [0.2, 0.25) is 5.91 Å². The molecule has 3 rings (SSSR count). The predicted octanol–water partition coefficient (Wildman–Crippen LogP) is 1.99. The minimum atomic E-state index is 0.200. The Morgan fingerprint density at radius 3 is 2.30 bits per heavy atom. The van der Waals surface area contributed by atoms with E-state index < -0.39 is 0 Å². The molecule has 2 N–H and O–H groups in total. The molecule has 1 amide bonds. The molecule has 4 heteroatoms. The smallest absolute Gasteiger partial charge is 0.227 e. The molecule has 1 unspecified atom stereocenters. The van der Waals surface area contributed by atoms with Crippen LogP contribution in [0.2, 0.25) is 0 Å². The molecule has 1 aromatic carbocycles. The lowest BCUT2D eigenvalue weighted by Crippen LogP contribution is -2.29. The summed E-state index contributed by atoms with van der Waals surface area (Å²) in [6, 6.07) is 8.43. The van der Waals surface area contributed by atoms with Crippen molar-refractivity contribution in [2.75, 3.05) is 36.0 Å². The molecule has 0 spiro atoms. The molecule has 0 bridgehead atoms. The topological polar surface area (TPSA) is 49.6 Å². The third kappa shape index (κ3) is 2.66. The van der Waals surface area contributed by atoms with E-state index in [4.69, 9.17) is 5.73 Å². The van der Waals surface area contributed by atoms with Crippen LogP contribution in [-0.2, 0) is 4.79 Å². The van der Waals surface area contributed by atoms with Crippen LogP contribution < -0.4 is 15.5 Å². The van der Waals surface area contributed by atoms with E-state index in [0.717, 1.165) is 25.3 Å². The van der Waals surface area contributed by atoms with Crippen molar-refractivity contribution in [2.24, 2.45) is 11.7 Å². The zero-order chi connectivity index (χ0) is 13.9. The van der Waals surface area contributed by atoms with E-state index in [9.17, 15) is 4.79 Å². The summed E-state index contributed by atoms with van der Waals surface area (Å²) in [5.74, 6) is 0.510. The van der Waals surface area contributed by atoms with Crippen molar-refractivity contribution in [3.05, 3.63) is 24.3 Å². The lowest BCUT2D eigenvalue weighted by atomic mass is 10.1. The quantitative estimate of drug-likeness (QED) is 0.916. The molecule has 2 aliphatic heterocycles. The van der Waals surface area contributed by atoms with E-state index >= 15 is 0 Å². The molecule has 0 aromatic heterocycles. The zero-order valence-electron chi connectivity index (χ0n) is 11.9. The Morgan fingerprint density at radius 1 is 1.05 bits per heavy atom. The van der Waals surface area contributed by atoms with Crippen molar-refractivity contribution < 1.29 is 4.79 Å². The van der Waals surface area contributed by atoms with Crippen LogP contribution >= 0.6 is 0 Å². The van der Waals surface area contributed by atoms with Crippen molar-refractivity contribution in [1.82, 2.24) is 0 Å². The van der Waals surface area contributed by atoms with Gasteiger partial charge in [0.15, 0.2) is 0 Å². The van der Waals surface area contributed by atoms with Crippen LogP contribution in [0.3, 0.4) is 0 Å². The van der Waals surface area contributed by atoms with Crippen LogP contribution in [0.1, 0.15) is 25.7 Å². The highest BCUT2D eigenvalue weighted by Gasteiger charge is 2.29. The number of rotatable bonds is 3. The van der Waals surface area contributed by atoms with Crippen molar-refractivity contribution in [2.45, 2.75) is 25.7 Å². The first-order valence-electron chi connectivity index (χ1n) is 7.63. The minimum Gasteiger partial charge on any atom is -0.372 e. The molecule has 20 heavy (non-hydrogen) atoms. The fourth-order valence-corrected chi connectivity index (χ4v) is 3.18. The van der Waals surface area contributed by atoms with Gasteiger partial charge in [0.1, 0.15) is 0 Å². The Hall–Kier alpha value is -1.55. The summed E-state index contributed by atoms with van der Waals surface area (Å²) >= 11 is 0. The number of benzene rings is 1. The molecule has 0 saturated carbocycles. The van der Waals surface area contributed by atoms with Gasteiger partial charge in [-0.2, -0.15) is 0 Å². The highest BCUT2D eigenvalue weighted by molar-refractivity contribution is 5.95. The average molecular weight is 273 g/mol. The first kappa shape index (κ1) is 13.4. The lowest BCUT2D eigenvalue weighted by molar-refractivity contribution is -0.117. The van der Waals surface area contributed by atoms with Crippen molar-refractivity contribution in [3.63, 3.8) is 0 Å². The molecule has 2 saturated heterocycles. The third-order valence-corrected chi connectivity index (χ3v) is 4.42. The van der Waals surface area contributed by atoms with Gasteiger partial charge in [-0.05, 0) is 56.0 Å². The van der Waals surface area contributed by atoms with Gasteiger partial charge in [0, 0.05) is 37.4 Å². The summed E-state index contributed by atoms with van der Waals surface area (Å²) < 4.78 is 0. The number of nitrogens with two attached hydrogens (primary N) is 1. The second-order valence-corrected chi connectivity index (χ2v) is 5.87. The van der Waals surface area contributed by atoms with Gasteiger partial charge in [0.05, 0.1) is 0 Å². The summed E-state index contributed by atoms with van der Waals surface area (Å²) in [6.07, 6.45) is 4.50. The highest BCUT2D eigenvalue weighted by Crippen LogP contribution is 2.27. The van der Waals surface area contributed by atoms with E-state index in [0.29, 0.717) is 18.9 Å². The van der Waals surface area contributed by atoms with E-state index in [2.05, 4.69) is 29.2 Å². The fourth-order valence-electron chi connectivity index (χ4n) is 3.18. The van der Waals surface area contributed by atoms with Gasteiger partial charge < -0.3 is 15.5 Å². The Morgan fingerprint density at radius 2 is 1.70 bits per heavy atom. The molecular weight excluding hydrogens is 250 g/mol. The minimum absolute atomic E-state index is 0.200. The third-order valence-electron chi connectivity index (χ3n) is 4.42. The van der Waals surface area contributed by atoms with Gasteiger partial charge in [-0.25, -0.2) is 0 Å². The fraction of sp³-hybridized carbons (Fsp3) is 0.562. The van der Waals surface area contributed by atoms with E-state index in [1.165, 1.54) is 24.9 Å². The van der Waals surface area contributed by atoms with E-state index in [1.807, 2.05) is 4.90 Å². The number of hydrogen-bond donors (Lipinski definition) is 1. The van der Waals surface area contributed by atoms with Crippen LogP contribution in [0.25, 0.3) is 0 Å². The van der Waals surface area contributed by atoms with Crippen molar-refractivity contribution >= 4 is 17.3 Å². The van der Waals surface area contributed by atoms with Gasteiger partial charge in [0.25, 0.3) is 0 Å². The van der Waals surface area contributed by atoms with Crippen LogP contribution in [-0.4, -0.2) is 32.1 Å². The highest BCUT2D eigenvalue weighted by atomic mass is 16.2.